The Hall–Kier alpha value is -1.55. The third-order valence-electron chi connectivity index (χ3n) is 6.16. The molecule has 25 heavy (non-hydrogen) atoms. The smallest absolute Gasteiger partial charge is 0.255 e. The summed E-state index contributed by atoms with van der Waals surface area (Å²) in [5.41, 5.74) is 1.35. The van der Waals surface area contributed by atoms with Gasteiger partial charge in [-0.05, 0) is 63.1 Å². The number of phenols is 1. The molecule has 0 spiro atoms. The Morgan fingerprint density at radius 2 is 2.08 bits per heavy atom. The second-order valence-corrected chi connectivity index (χ2v) is 7.95. The number of carbonyl (C=O) groups is 1. The molecule has 1 amide bonds. The van der Waals surface area contributed by atoms with Gasteiger partial charge in [-0.25, -0.2) is 0 Å². The number of fused-ring (bicyclic) bond motifs is 1. The van der Waals surface area contributed by atoms with E-state index in [1.165, 1.54) is 38.6 Å². The molecule has 2 N–H and O–H groups in total. The van der Waals surface area contributed by atoms with Crippen molar-refractivity contribution in [3.63, 3.8) is 0 Å². The minimum absolute atomic E-state index is 0.0539. The van der Waals surface area contributed by atoms with Crippen molar-refractivity contribution in [1.82, 2.24) is 10.2 Å². The van der Waals surface area contributed by atoms with E-state index in [1.807, 2.05) is 13.0 Å². The molecule has 1 saturated heterocycles. The van der Waals surface area contributed by atoms with Crippen molar-refractivity contribution in [3.05, 3.63) is 29.3 Å². The van der Waals surface area contributed by atoms with E-state index < -0.39 is 0 Å². The molecule has 1 aromatic carbocycles. The summed E-state index contributed by atoms with van der Waals surface area (Å²) in [5, 5.41) is 12.8. The van der Waals surface area contributed by atoms with Crippen molar-refractivity contribution >= 4 is 5.91 Å². The van der Waals surface area contributed by atoms with E-state index >= 15 is 0 Å². The number of hydrogen-bond acceptors (Lipinski definition) is 3. The summed E-state index contributed by atoms with van der Waals surface area (Å²) in [6, 6.07) is 5.89. The van der Waals surface area contributed by atoms with Crippen molar-refractivity contribution in [1.29, 1.82) is 0 Å². The van der Waals surface area contributed by atoms with Gasteiger partial charge in [0.25, 0.3) is 5.91 Å². The first-order valence-corrected chi connectivity index (χ1v) is 9.88. The zero-order valence-electron chi connectivity index (χ0n) is 15.6. The molecule has 4 heteroatoms. The van der Waals surface area contributed by atoms with Gasteiger partial charge in [0.05, 0.1) is 5.56 Å². The van der Waals surface area contributed by atoms with Crippen molar-refractivity contribution in [2.24, 2.45) is 11.8 Å². The van der Waals surface area contributed by atoms with E-state index in [1.54, 1.807) is 12.1 Å². The quantitative estimate of drug-likeness (QED) is 0.801. The molecule has 3 rings (SSSR count). The molecule has 1 aromatic rings. The summed E-state index contributed by atoms with van der Waals surface area (Å²) < 4.78 is 0. The van der Waals surface area contributed by atoms with E-state index in [0.717, 1.165) is 36.4 Å². The Bertz CT molecular complexity index is 602. The third kappa shape index (κ3) is 4.35. The fourth-order valence-corrected chi connectivity index (χ4v) is 4.70. The number of hydrogen-bond donors (Lipinski definition) is 2. The molecular formula is C21H32N2O2. The maximum atomic E-state index is 12.3. The summed E-state index contributed by atoms with van der Waals surface area (Å²) in [6.45, 7) is 7.28. The average molecular weight is 344 g/mol. The number of benzene rings is 1. The van der Waals surface area contributed by atoms with Gasteiger partial charge in [0.1, 0.15) is 5.75 Å². The van der Waals surface area contributed by atoms with Gasteiger partial charge in [-0.2, -0.15) is 0 Å². The van der Waals surface area contributed by atoms with Crippen molar-refractivity contribution in [3.8, 4) is 5.75 Å². The van der Waals surface area contributed by atoms with Gasteiger partial charge in [0.15, 0.2) is 0 Å². The molecule has 0 radical (unpaired) electrons. The minimum Gasteiger partial charge on any atom is -0.507 e. The number of nitrogens with zero attached hydrogens (tertiary/aromatic N) is 1. The number of aromatic hydroxyl groups is 1. The monoisotopic (exact) mass is 344 g/mol. The van der Waals surface area contributed by atoms with Gasteiger partial charge in [-0.1, -0.05) is 31.4 Å². The van der Waals surface area contributed by atoms with Crippen LogP contribution >= 0.6 is 0 Å². The Morgan fingerprint density at radius 3 is 2.92 bits per heavy atom. The first-order valence-electron chi connectivity index (χ1n) is 9.88. The van der Waals surface area contributed by atoms with Gasteiger partial charge in [0, 0.05) is 19.1 Å². The van der Waals surface area contributed by atoms with Crippen LogP contribution in [0.25, 0.3) is 0 Å². The second kappa shape index (κ2) is 8.22. The van der Waals surface area contributed by atoms with E-state index in [-0.39, 0.29) is 11.7 Å². The van der Waals surface area contributed by atoms with Gasteiger partial charge < -0.3 is 15.3 Å². The largest absolute Gasteiger partial charge is 0.507 e. The SMILES string of the molecule is Cc1ccc(O)c(C(=O)NCCCN2CC[C@@H](C)[C@@H]3CCCC[C@@H]32)c1. The van der Waals surface area contributed by atoms with Crippen LogP contribution in [0.2, 0.25) is 0 Å². The van der Waals surface area contributed by atoms with Crippen LogP contribution in [0.1, 0.15) is 61.4 Å². The van der Waals surface area contributed by atoms with Crippen molar-refractivity contribution in [2.75, 3.05) is 19.6 Å². The average Bonchev–Trinajstić information content (AvgIpc) is 2.62. The summed E-state index contributed by atoms with van der Waals surface area (Å²) in [5.74, 6) is 1.62. The lowest BCUT2D eigenvalue weighted by atomic mass is 9.72. The minimum atomic E-state index is -0.177. The lowest BCUT2D eigenvalue weighted by Gasteiger charge is -2.47. The molecule has 4 nitrogen and oxygen atoms in total. The van der Waals surface area contributed by atoms with Crippen molar-refractivity contribution in [2.45, 2.75) is 58.4 Å². The molecule has 3 atom stereocenters. The predicted octanol–water partition coefficient (Wildman–Crippen LogP) is 3.72. The fourth-order valence-electron chi connectivity index (χ4n) is 4.70. The Balaban J connectivity index is 1.46. The molecule has 2 aliphatic rings. The molecule has 1 aliphatic heterocycles. The number of phenolic OH excluding ortho intramolecular Hbond substituents is 1. The Labute approximate surface area is 151 Å². The topological polar surface area (TPSA) is 52.6 Å². The summed E-state index contributed by atoms with van der Waals surface area (Å²) >= 11 is 0. The lowest BCUT2D eigenvalue weighted by molar-refractivity contribution is 0.0253. The van der Waals surface area contributed by atoms with Crippen molar-refractivity contribution < 1.29 is 9.90 Å². The fraction of sp³-hybridized carbons (Fsp3) is 0.667. The van der Waals surface area contributed by atoms with Crippen LogP contribution < -0.4 is 5.32 Å². The Morgan fingerprint density at radius 1 is 1.28 bits per heavy atom. The number of rotatable bonds is 5. The molecule has 0 bridgehead atoms. The van der Waals surface area contributed by atoms with Crippen LogP contribution in [-0.2, 0) is 0 Å². The molecular weight excluding hydrogens is 312 g/mol. The third-order valence-corrected chi connectivity index (χ3v) is 6.16. The zero-order chi connectivity index (χ0) is 17.8. The van der Waals surface area contributed by atoms with Crippen LogP contribution in [0.15, 0.2) is 18.2 Å². The van der Waals surface area contributed by atoms with Crippen LogP contribution in [0, 0.1) is 18.8 Å². The number of amides is 1. The molecule has 138 valence electrons. The summed E-state index contributed by atoms with van der Waals surface area (Å²) in [6.07, 6.45) is 7.79. The highest BCUT2D eigenvalue weighted by atomic mass is 16.3. The number of piperidine rings is 1. The molecule has 2 fully saturated rings. The number of carbonyl (C=O) groups excluding carboxylic acids is 1. The van der Waals surface area contributed by atoms with Gasteiger partial charge in [-0.15, -0.1) is 0 Å². The molecule has 0 aromatic heterocycles. The van der Waals surface area contributed by atoms with E-state index in [9.17, 15) is 9.90 Å². The normalized spacial score (nSPS) is 26.9. The first kappa shape index (κ1) is 18.2. The molecule has 1 heterocycles. The van der Waals surface area contributed by atoms with E-state index in [4.69, 9.17) is 0 Å². The highest BCUT2D eigenvalue weighted by molar-refractivity contribution is 5.96. The Kier molecular flexibility index (Phi) is 6.00. The highest BCUT2D eigenvalue weighted by Crippen LogP contribution is 2.38. The maximum absolute atomic E-state index is 12.3. The molecule has 1 saturated carbocycles. The standard InChI is InChI=1S/C21H32N2O2/c1-15-8-9-20(24)18(14-15)21(25)22-11-5-12-23-13-10-16(2)17-6-3-4-7-19(17)23/h8-9,14,16-17,19,24H,3-7,10-13H2,1-2H3,(H,22,25)/t16-,17+,19+/m1/s1. The summed E-state index contributed by atoms with van der Waals surface area (Å²) in [4.78, 5) is 14.9. The summed E-state index contributed by atoms with van der Waals surface area (Å²) in [7, 11) is 0. The van der Waals surface area contributed by atoms with Crippen LogP contribution in [0.4, 0.5) is 0 Å². The van der Waals surface area contributed by atoms with Crippen LogP contribution in [-0.4, -0.2) is 41.6 Å². The van der Waals surface area contributed by atoms with Gasteiger partial charge >= 0.3 is 0 Å². The van der Waals surface area contributed by atoms with Gasteiger partial charge in [-0.3, -0.25) is 4.79 Å². The maximum Gasteiger partial charge on any atom is 0.255 e. The lowest BCUT2D eigenvalue weighted by Crippen LogP contribution is -2.50. The van der Waals surface area contributed by atoms with E-state index in [2.05, 4.69) is 17.1 Å². The molecule has 0 unspecified atom stereocenters. The van der Waals surface area contributed by atoms with Crippen LogP contribution in [0.3, 0.4) is 0 Å². The zero-order valence-corrected chi connectivity index (χ0v) is 15.6. The first-order chi connectivity index (χ1) is 12.1. The number of nitrogens with one attached hydrogen (secondary N) is 1. The highest BCUT2D eigenvalue weighted by Gasteiger charge is 2.36. The number of aryl methyl sites for hydroxylation is 1. The van der Waals surface area contributed by atoms with Crippen LogP contribution in [0.5, 0.6) is 5.75 Å². The number of likely N-dealkylation sites (tertiary alicyclic amines) is 1. The predicted molar refractivity (Wildman–Crippen MR) is 101 cm³/mol. The van der Waals surface area contributed by atoms with Gasteiger partial charge in [0.2, 0.25) is 0 Å². The molecule has 1 aliphatic carbocycles. The second-order valence-electron chi connectivity index (χ2n) is 7.95. The van der Waals surface area contributed by atoms with E-state index in [0.29, 0.717) is 12.1 Å².